The summed E-state index contributed by atoms with van der Waals surface area (Å²) in [5.74, 6) is 1.37. The molecule has 1 fully saturated rings. The molecule has 25 heavy (non-hydrogen) atoms. The molecule has 2 N–H and O–H groups in total. The van der Waals surface area contributed by atoms with Gasteiger partial charge in [-0.15, -0.1) is 0 Å². The van der Waals surface area contributed by atoms with Crippen LogP contribution in [-0.2, 0) is 6.42 Å². The molecule has 0 bridgehead atoms. The Bertz CT molecular complexity index is 701. The van der Waals surface area contributed by atoms with Gasteiger partial charge in [0.1, 0.15) is 5.75 Å². The van der Waals surface area contributed by atoms with Gasteiger partial charge in [-0.2, -0.15) is 0 Å². The van der Waals surface area contributed by atoms with E-state index >= 15 is 0 Å². The summed E-state index contributed by atoms with van der Waals surface area (Å²) in [6.45, 7) is 9.49. The largest absolute Gasteiger partial charge is 0.508 e. The van der Waals surface area contributed by atoms with Crippen molar-refractivity contribution in [2.24, 2.45) is 16.7 Å². The van der Waals surface area contributed by atoms with E-state index in [0.29, 0.717) is 29.1 Å². The highest BCUT2D eigenvalue weighted by atomic mass is 16.5. The Morgan fingerprint density at radius 2 is 1.80 bits per heavy atom. The predicted octanol–water partition coefficient (Wildman–Crippen LogP) is 5.59. The van der Waals surface area contributed by atoms with Crippen molar-refractivity contribution in [3.63, 3.8) is 0 Å². The summed E-state index contributed by atoms with van der Waals surface area (Å²) in [5, 5.41) is 20.6. The van der Waals surface area contributed by atoms with Crippen molar-refractivity contribution in [1.82, 2.24) is 0 Å². The average molecular weight is 344 g/mol. The van der Waals surface area contributed by atoms with Crippen LogP contribution in [0.4, 0.5) is 0 Å². The molecular weight excluding hydrogens is 312 g/mol. The lowest BCUT2D eigenvalue weighted by atomic mass is 9.50. The third-order valence-electron chi connectivity index (χ3n) is 7.01. The van der Waals surface area contributed by atoms with Crippen LogP contribution in [0.15, 0.2) is 23.3 Å². The lowest BCUT2D eigenvalue weighted by molar-refractivity contribution is 0.0111. The van der Waals surface area contributed by atoms with Crippen LogP contribution in [0.5, 0.6) is 17.2 Å². The number of rotatable bonds is 3. The molecular formula is C22H32O3. The Hall–Kier alpha value is -1.64. The summed E-state index contributed by atoms with van der Waals surface area (Å²) in [4.78, 5) is 0. The quantitative estimate of drug-likeness (QED) is 0.555. The van der Waals surface area contributed by atoms with Gasteiger partial charge in [0.05, 0.1) is 7.11 Å². The minimum atomic E-state index is 0.0926. The van der Waals surface area contributed by atoms with Crippen LogP contribution in [0, 0.1) is 16.7 Å². The lowest BCUT2D eigenvalue weighted by Gasteiger charge is -2.55. The van der Waals surface area contributed by atoms with E-state index in [1.165, 1.54) is 42.9 Å². The van der Waals surface area contributed by atoms with Gasteiger partial charge in [0, 0.05) is 12.0 Å². The van der Waals surface area contributed by atoms with Gasteiger partial charge in [-0.3, -0.25) is 0 Å². The minimum absolute atomic E-state index is 0.0926. The Kier molecular flexibility index (Phi) is 4.55. The fourth-order valence-electron chi connectivity index (χ4n) is 5.73. The summed E-state index contributed by atoms with van der Waals surface area (Å²) in [5.41, 5.74) is 4.11. The lowest BCUT2D eigenvalue weighted by Crippen LogP contribution is -2.45. The maximum atomic E-state index is 10.4. The molecule has 2 aliphatic carbocycles. The van der Waals surface area contributed by atoms with Crippen LogP contribution in [0.25, 0.3) is 0 Å². The number of phenols is 2. The summed E-state index contributed by atoms with van der Waals surface area (Å²) >= 11 is 0. The zero-order valence-electron chi connectivity index (χ0n) is 16.3. The van der Waals surface area contributed by atoms with Crippen molar-refractivity contribution in [3.8, 4) is 17.2 Å². The molecule has 0 saturated heterocycles. The molecule has 2 atom stereocenters. The molecule has 3 heteroatoms. The SMILES string of the molecule is COc1c(O)ccc(O)c1CC1=C(C)CC[C@H]2C(C)(C)CCC[C@]12C. The number of allylic oxidation sites excluding steroid dienone is 2. The molecule has 0 aliphatic heterocycles. The van der Waals surface area contributed by atoms with Gasteiger partial charge in [0.15, 0.2) is 11.5 Å². The van der Waals surface area contributed by atoms with Gasteiger partial charge in [0.2, 0.25) is 0 Å². The first-order valence-electron chi connectivity index (χ1n) is 9.47. The van der Waals surface area contributed by atoms with Gasteiger partial charge >= 0.3 is 0 Å². The first-order valence-corrected chi connectivity index (χ1v) is 9.47. The molecule has 0 radical (unpaired) electrons. The smallest absolute Gasteiger partial charge is 0.167 e. The Morgan fingerprint density at radius 1 is 1.12 bits per heavy atom. The molecule has 1 aromatic carbocycles. The molecule has 138 valence electrons. The molecule has 2 aliphatic rings. The zero-order chi connectivity index (χ0) is 18.4. The standard InChI is InChI=1S/C22H32O3/c1-14-7-10-19-21(2,3)11-6-12-22(19,4)16(14)13-15-17(23)8-9-18(24)20(15)25-5/h8-9,19,23-24H,6-7,10-13H2,1-5H3/t19-,22+/m0/s1. The predicted molar refractivity (Wildman–Crippen MR) is 101 cm³/mol. The second-order valence-electron chi connectivity index (χ2n) is 8.90. The van der Waals surface area contributed by atoms with Crippen molar-refractivity contribution in [2.75, 3.05) is 7.11 Å². The Labute approximate surface area is 151 Å². The van der Waals surface area contributed by atoms with E-state index in [0.717, 1.165) is 6.42 Å². The van der Waals surface area contributed by atoms with E-state index in [4.69, 9.17) is 4.74 Å². The Balaban J connectivity index is 2.06. The highest BCUT2D eigenvalue weighted by Crippen LogP contribution is 2.60. The number of aromatic hydroxyl groups is 2. The van der Waals surface area contributed by atoms with Crippen molar-refractivity contribution >= 4 is 0 Å². The van der Waals surface area contributed by atoms with Crippen molar-refractivity contribution in [1.29, 1.82) is 0 Å². The molecule has 1 saturated carbocycles. The summed E-state index contributed by atoms with van der Waals surface area (Å²) < 4.78 is 5.41. The van der Waals surface area contributed by atoms with Gasteiger partial charge in [-0.05, 0) is 61.5 Å². The number of fused-ring (bicyclic) bond motifs is 1. The molecule has 3 nitrogen and oxygen atoms in total. The van der Waals surface area contributed by atoms with Crippen LogP contribution in [-0.4, -0.2) is 17.3 Å². The molecule has 0 aromatic heterocycles. The molecule has 0 heterocycles. The third kappa shape index (κ3) is 2.92. The van der Waals surface area contributed by atoms with E-state index in [9.17, 15) is 10.2 Å². The fraction of sp³-hybridized carbons (Fsp3) is 0.636. The van der Waals surface area contributed by atoms with E-state index in [2.05, 4.69) is 27.7 Å². The van der Waals surface area contributed by atoms with E-state index < -0.39 is 0 Å². The van der Waals surface area contributed by atoms with Gasteiger partial charge < -0.3 is 14.9 Å². The van der Waals surface area contributed by atoms with Crippen molar-refractivity contribution in [3.05, 3.63) is 28.8 Å². The van der Waals surface area contributed by atoms with Crippen molar-refractivity contribution < 1.29 is 14.9 Å². The highest BCUT2D eigenvalue weighted by Gasteiger charge is 2.50. The number of methoxy groups -OCH3 is 1. The number of hydrogen-bond acceptors (Lipinski definition) is 3. The summed E-state index contributed by atoms with van der Waals surface area (Å²) in [7, 11) is 1.55. The number of hydrogen-bond donors (Lipinski definition) is 2. The Morgan fingerprint density at radius 3 is 2.48 bits per heavy atom. The first kappa shape index (κ1) is 18.2. The number of phenolic OH excluding ortho intramolecular Hbond substituents is 2. The van der Waals surface area contributed by atoms with Crippen LogP contribution in [0.1, 0.15) is 65.4 Å². The topological polar surface area (TPSA) is 49.7 Å². The van der Waals surface area contributed by atoms with Crippen LogP contribution in [0.3, 0.4) is 0 Å². The van der Waals surface area contributed by atoms with Crippen LogP contribution in [0.2, 0.25) is 0 Å². The molecule has 0 amide bonds. The van der Waals surface area contributed by atoms with E-state index in [1.807, 2.05) is 0 Å². The van der Waals surface area contributed by atoms with Gasteiger partial charge in [0.25, 0.3) is 0 Å². The number of benzene rings is 1. The minimum Gasteiger partial charge on any atom is -0.508 e. The molecule has 1 aromatic rings. The van der Waals surface area contributed by atoms with E-state index in [1.54, 1.807) is 13.2 Å². The van der Waals surface area contributed by atoms with Gasteiger partial charge in [-0.25, -0.2) is 0 Å². The summed E-state index contributed by atoms with van der Waals surface area (Å²) in [6.07, 6.45) is 6.77. The molecule has 0 unspecified atom stereocenters. The van der Waals surface area contributed by atoms with Crippen molar-refractivity contribution in [2.45, 2.75) is 66.2 Å². The first-order chi connectivity index (χ1) is 11.7. The number of ether oxygens (including phenoxy) is 1. The third-order valence-corrected chi connectivity index (χ3v) is 7.01. The highest BCUT2D eigenvalue weighted by molar-refractivity contribution is 5.55. The fourth-order valence-corrected chi connectivity index (χ4v) is 5.73. The second kappa shape index (κ2) is 6.26. The average Bonchev–Trinajstić information content (AvgIpc) is 2.53. The maximum absolute atomic E-state index is 10.4. The second-order valence-corrected chi connectivity index (χ2v) is 8.90. The monoisotopic (exact) mass is 344 g/mol. The van der Waals surface area contributed by atoms with Crippen LogP contribution < -0.4 is 4.74 Å². The molecule has 3 rings (SSSR count). The van der Waals surface area contributed by atoms with Gasteiger partial charge in [-0.1, -0.05) is 38.3 Å². The van der Waals surface area contributed by atoms with E-state index in [-0.39, 0.29) is 16.9 Å². The normalized spacial score (nSPS) is 28.6. The zero-order valence-corrected chi connectivity index (χ0v) is 16.3. The molecule has 0 spiro atoms. The summed E-state index contributed by atoms with van der Waals surface area (Å²) in [6, 6.07) is 3.06. The maximum Gasteiger partial charge on any atom is 0.167 e. The van der Waals surface area contributed by atoms with Crippen LogP contribution >= 0.6 is 0 Å².